The normalized spacial score (nSPS) is 6.55. The van der Waals surface area contributed by atoms with E-state index >= 15 is 0 Å². The summed E-state index contributed by atoms with van der Waals surface area (Å²) in [5, 5.41) is 0. The maximum atomic E-state index is 8.85. The van der Waals surface area contributed by atoms with Crippen LogP contribution in [-0.2, 0) is 82.9 Å². The Balaban J connectivity index is -0.0000000171. The third-order valence-electron chi connectivity index (χ3n) is 0. The summed E-state index contributed by atoms with van der Waals surface area (Å²) in [6.07, 6.45) is 0. The molecule has 0 unspecified atom stereocenters. The van der Waals surface area contributed by atoms with Crippen LogP contribution in [0, 0.1) is 0 Å². The molecule has 0 aliphatic carbocycles. The Hall–Kier alpha value is 3.27. The van der Waals surface area contributed by atoms with Gasteiger partial charge in [-0.25, -0.2) is 0 Å². The monoisotopic (exact) mass is 382 g/mol. The molecular formula is O4P2S2Zn3. The fourth-order valence-corrected chi connectivity index (χ4v) is 0. The third-order valence-corrected chi connectivity index (χ3v) is 0. The number of hydrogen-bond donors (Lipinski definition) is 0. The van der Waals surface area contributed by atoms with Crippen molar-refractivity contribution in [3.63, 3.8) is 0 Å². The molecular weight excluding hydrogens is 386 g/mol. The van der Waals surface area contributed by atoms with Gasteiger partial charge in [0.1, 0.15) is 0 Å². The van der Waals surface area contributed by atoms with Crippen LogP contribution in [0.5, 0.6) is 0 Å². The van der Waals surface area contributed by atoms with Crippen molar-refractivity contribution in [1.29, 1.82) is 0 Å². The van der Waals surface area contributed by atoms with Crippen molar-refractivity contribution in [3.05, 3.63) is 0 Å². The van der Waals surface area contributed by atoms with Gasteiger partial charge in [0, 0.05) is 0 Å². The molecule has 0 bridgehead atoms. The molecule has 0 saturated carbocycles. The van der Waals surface area contributed by atoms with E-state index in [9.17, 15) is 0 Å². The van der Waals surface area contributed by atoms with Crippen LogP contribution in [0.4, 0.5) is 0 Å². The second-order valence-corrected chi connectivity index (χ2v) is 3.13. The van der Waals surface area contributed by atoms with E-state index in [1.165, 1.54) is 0 Å². The Labute approximate surface area is 116 Å². The van der Waals surface area contributed by atoms with E-state index in [4.69, 9.17) is 19.6 Å². The zero-order valence-electron chi connectivity index (χ0n) is 5.47. The smallest absolute Gasteiger partial charge is 0.860 e. The van der Waals surface area contributed by atoms with Gasteiger partial charge in [-0.2, -0.15) is 0 Å². The molecule has 0 aliphatic heterocycles. The summed E-state index contributed by atoms with van der Waals surface area (Å²) in [4.78, 5) is 35.4. The van der Waals surface area contributed by atoms with Gasteiger partial charge in [0.15, 0.2) is 0 Å². The van der Waals surface area contributed by atoms with Crippen molar-refractivity contribution in [2.75, 3.05) is 0 Å². The fraction of sp³-hybridized carbons (Fsp3) is 0. The molecule has 0 aliphatic rings. The first-order chi connectivity index (χ1) is 3.46. The van der Waals surface area contributed by atoms with Gasteiger partial charge in [0.2, 0.25) is 0 Å². The van der Waals surface area contributed by atoms with Crippen LogP contribution >= 0.6 is 15.2 Å². The minimum absolute atomic E-state index is 0. The first-order valence-electron chi connectivity index (χ1n) is 1.10. The minimum atomic E-state index is -2.54. The van der Waals surface area contributed by atoms with Crippen molar-refractivity contribution in [2.45, 2.75) is 0 Å². The second-order valence-electron chi connectivity index (χ2n) is 0.447. The Morgan fingerprint density at radius 1 is 0.636 bits per heavy atom. The van der Waals surface area contributed by atoms with E-state index < -0.39 is 15.2 Å². The average Bonchev–Trinajstić information content (AvgIpc) is 1.25. The molecule has 0 spiro atoms. The predicted octanol–water partition coefficient (Wildman–Crippen LogP) is -3.05. The van der Waals surface area contributed by atoms with E-state index in [0.29, 0.717) is 0 Å². The zero-order chi connectivity index (χ0) is 7.15. The summed E-state index contributed by atoms with van der Waals surface area (Å²) in [6, 6.07) is 0. The molecule has 0 amide bonds. The van der Waals surface area contributed by atoms with Crippen molar-refractivity contribution >= 4 is 39.7 Å². The van der Waals surface area contributed by atoms with Crippen molar-refractivity contribution in [1.82, 2.24) is 0 Å². The van der Waals surface area contributed by atoms with Gasteiger partial charge in [-0.05, 0) is 0 Å². The SMILES string of the molecule is [O-]P([O-])[S-].[O-]P([O-])[S-].[Zn+2].[Zn+2].[Zn+2]. The van der Waals surface area contributed by atoms with Crippen LogP contribution in [-0.4, -0.2) is 0 Å². The van der Waals surface area contributed by atoms with Crippen LogP contribution in [0.25, 0.3) is 0 Å². The summed E-state index contributed by atoms with van der Waals surface area (Å²) < 4.78 is 0. The number of hydrogen-bond acceptors (Lipinski definition) is 6. The molecule has 0 aromatic heterocycles. The molecule has 0 aromatic rings. The Kier molecular flexibility index (Phi) is 61.8. The van der Waals surface area contributed by atoms with Crippen molar-refractivity contribution < 1.29 is 78.0 Å². The third kappa shape index (κ3) is 158. The summed E-state index contributed by atoms with van der Waals surface area (Å²) in [7, 11) is -5.07. The largest absolute Gasteiger partial charge is 2.00 e. The van der Waals surface area contributed by atoms with Gasteiger partial charge >= 0.3 is 58.4 Å². The summed E-state index contributed by atoms with van der Waals surface area (Å²) >= 11 is 7.15. The minimum Gasteiger partial charge on any atom is -0.860 e. The van der Waals surface area contributed by atoms with Gasteiger partial charge in [-0.3, -0.25) is 0 Å². The zero-order valence-corrected chi connectivity index (χ0v) is 17.8. The van der Waals surface area contributed by atoms with Gasteiger partial charge < -0.3 is 59.2 Å². The van der Waals surface area contributed by atoms with Gasteiger partial charge in [-0.1, -0.05) is 0 Å². The molecule has 0 heterocycles. The van der Waals surface area contributed by atoms with Crippen LogP contribution in [0.15, 0.2) is 0 Å². The maximum Gasteiger partial charge on any atom is 2.00 e. The summed E-state index contributed by atoms with van der Waals surface area (Å²) in [6.45, 7) is 0. The average molecular weight is 386 g/mol. The molecule has 52 valence electrons. The molecule has 0 N–H and O–H groups in total. The quantitative estimate of drug-likeness (QED) is 0.250. The van der Waals surface area contributed by atoms with Crippen LogP contribution in [0.3, 0.4) is 0 Å². The Morgan fingerprint density at radius 2 is 0.636 bits per heavy atom. The number of rotatable bonds is 0. The predicted molar refractivity (Wildman–Crippen MR) is 28.6 cm³/mol. The molecule has 0 rings (SSSR count). The van der Waals surface area contributed by atoms with E-state index in [1.807, 2.05) is 0 Å². The first-order valence-corrected chi connectivity index (χ1v) is 5.48. The Morgan fingerprint density at radius 3 is 0.636 bits per heavy atom. The van der Waals surface area contributed by atoms with Crippen LogP contribution in [0.1, 0.15) is 0 Å². The van der Waals surface area contributed by atoms with Crippen molar-refractivity contribution in [3.8, 4) is 0 Å². The molecule has 0 radical (unpaired) electrons. The van der Waals surface area contributed by atoms with E-state index in [-0.39, 0.29) is 58.4 Å². The maximum absolute atomic E-state index is 8.85. The Bertz CT molecular complexity index is 36.8. The molecule has 4 nitrogen and oxygen atoms in total. The van der Waals surface area contributed by atoms with E-state index in [0.717, 1.165) is 0 Å². The first kappa shape index (κ1) is 29.2. The molecule has 0 atom stereocenters. The standard InChI is InChI=1S/2O2PS.3Zn/c2*1-3(2)4;;;/q2*-3;3*+2. The van der Waals surface area contributed by atoms with Crippen LogP contribution in [0.2, 0.25) is 0 Å². The molecule has 0 saturated heterocycles. The van der Waals surface area contributed by atoms with Crippen LogP contribution < -0.4 is 19.6 Å². The summed E-state index contributed by atoms with van der Waals surface area (Å²) in [5.41, 5.74) is 0. The molecule has 0 aromatic carbocycles. The van der Waals surface area contributed by atoms with Gasteiger partial charge in [-0.15, -0.1) is 0 Å². The summed E-state index contributed by atoms with van der Waals surface area (Å²) in [5.74, 6) is 0. The fourth-order valence-electron chi connectivity index (χ4n) is 0. The molecule has 11 heavy (non-hydrogen) atoms. The topological polar surface area (TPSA) is 92.2 Å². The van der Waals surface area contributed by atoms with Crippen molar-refractivity contribution in [2.24, 2.45) is 0 Å². The second kappa shape index (κ2) is 23.2. The van der Waals surface area contributed by atoms with Gasteiger partial charge in [0.05, 0.1) is 0 Å². The molecule has 11 heteroatoms. The molecule has 0 fully saturated rings. The van der Waals surface area contributed by atoms with E-state index in [2.05, 4.69) is 24.5 Å². The van der Waals surface area contributed by atoms with E-state index in [1.54, 1.807) is 0 Å². The van der Waals surface area contributed by atoms with Gasteiger partial charge in [0.25, 0.3) is 0 Å².